The van der Waals surface area contributed by atoms with Gasteiger partial charge in [-0.3, -0.25) is 4.79 Å². The lowest BCUT2D eigenvalue weighted by molar-refractivity contribution is -0.126. The molecular weight excluding hydrogens is 246 g/mol. The molecule has 17 heavy (non-hydrogen) atoms. The summed E-state index contributed by atoms with van der Waals surface area (Å²) in [4.78, 5) is 24.2. The van der Waals surface area contributed by atoms with Gasteiger partial charge in [-0.05, 0) is 27.2 Å². The Morgan fingerprint density at radius 1 is 1.41 bits per heavy atom. The van der Waals surface area contributed by atoms with Gasteiger partial charge < -0.3 is 4.74 Å². The van der Waals surface area contributed by atoms with E-state index in [1.54, 1.807) is 20.8 Å². The third-order valence-corrected chi connectivity index (χ3v) is 3.76. The van der Waals surface area contributed by atoms with Crippen molar-refractivity contribution < 1.29 is 22.7 Å². The van der Waals surface area contributed by atoms with Crippen LogP contribution in [0.15, 0.2) is 0 Å². The number of ether oxygens (including phenoxy) is 1. The van der Waals surface area contributed by atoms with Gasteiger partial charge in [0.25, 0.3) is 0 Å². The molecule has 0 saturated carbocycles. The largest absolute Gasteiger partial charge is 0.443 e. The van der Waals surface area contributed by atoms with E-state index in [4.69, 9.17) is 4.74 Å². The monoisotopic (exact) mass is 263 g/mol. The van der Waals surface area contributed by atoms with Gasteiger partial charge in [-0.25, -0.2) is 18.1 Å². The number of nitrogens with zero attached hydrogens (tertiary/aromatic N) is 1. The second-order valence-corrected chi connectivity index (χ2v) is 7.31. The van der Waals surface area contributed by atoms with Crippen molar-refractivity contribution in [2.24, 2.45) is 0 Å². The van der Waals surface area contributed by atoms with Crippen molar-refractivity contribution in [1.82, 2.24) is 4.90 Å². The summed E-state index contributed by atoms with van der Waals surface area (Å²) < 4.78 is 27.6. The van der Waals surface area contributed by atoms with Crippen molar-refractivity contribution in [2.45, 2.75) is 38.0 Å². The van der Waals surface area contributed by atoms with Gasteiger partial charge in [-0.15, -0.1) is 0 Å². The van der Waals surface area contributed by atoms with E-state index in [0.29, 0.717) is 0 Å². The molecule has 0 aromatic carbocycles. The van der Waals surface area contributed by atoms with E-state index >= 15 is 0 Å². The Balaban J connectivity index is 2.78. The van der Waals surface area contributed by atoms with Gasteiger partial charge >= 0.3 is 6.09 Å². The normalized spacial score (nSPS) is 21.8. The molecule has 0 aliphatic carbocycles. The maximum Gasteiger partial charge on any atom is 0.417 e. The highest BCUT2D eigenvalue weighted by Gasteiger charge is 2.42. The van der Waals surface area contributed by atoms with Crippen molar-refractivity contribution in [3.63, 3.8) is 0 Å². The van der Waals surface area contributed by atoms with Crippen LogP contribution in [-0.2, 0) is 19.4 Å². The molecule has 1 aliphatic heterocycles. The van der Waals surface area contributed by atoms with E-state index in [1.165, 1.54) is 0 Å². The summed E-state index contributed by atoms with van der Waals surface area (Å²) >= 11 is 0. The quantitative estimate of drug-likeness (QED) is 0.690. The van der Waals surface area contributed by atoms with E-state index in [1.807, 2.05) is 0 Å². The predicted octanol–water partition coefficient (Wildman–Crippen LogP) is 0.567. The number of hydrogen-bond acceptors (Lipinski definition) is 5. The van der Waals surface area contributed by atoms with Gasteiger partial charge in [0.15, 0.2) is 9.84 Å². The molecule has 0 spiro atoms. The van der Waals surface area contributed by atoms with Crippen LogP contribution >= 0.6 is 0 Å². The molecule has 1 fully saturated rings. The average Bonchev–Trinajstić information content (AvgIpc) is 2.42. The van der Waals surface area contributed by atoms with Gasteiger partial charge in [0.05, 0.1) is 0 Å². The smallest absolute Gasteiger partial charge is 0.417 e. The second-order valence-electron chi connectivity index (χ2n) is 5.08. The zero-order valence-corrected chi connectivity index (χ0v) is 11.2. The molecule has 1 heterocycles. The molecular formula is C10H17NO5S. The summed E-state index contributed by atoms with van der Waals surface area (Å²) in [5, 5.41) is -1.12. The lowest BCUT2D eigenvalue weighted by Gasteiger charge is -2.23. The minimum absolute atomic E-state index is 0.0888. The summed E-state index contributed by atoms with van der Waals surface area (Å²) in [6.45, 7) is 5.13. The highest BCUT2D eigenvalue weighted by Crippen LogP contribution is 2.20. The number of amides is 2. The Morgan fingerprint density at radius 2 is 1.94 bits per heavy atom. The van der Waals surface area contributed by atoms with Crippen LogP contribution in [0.4, 0.5) is 4.79 Å². The summed E-state index contributed by atoms with van der Waals surface area (Å²) in [5.74, 6) is -0.693. The van der Waals surface area contributed by atoms with Crippen LogP contribution in [-0.4, -0.2) is 49.0 Å². The first-order chi connectivity index (χ1) is 7.52. The van der Waals surface area contributed by atoms with E-state index in [9.17, 15) is 18.0 Å². The van der Waals surface area contributed by atoms with Crippen molar-refractivity contribution in [3.8, 4) is 0 Å². The lowest BCUT2D eigenvalue weighted by Crippen LogP contribution is -2.40. The Labute approximate surface area is 101 Å². The fraction of sp³-hybridized carbons (Fsp3) is 0.800. The van der Waals surface area contributed by atoms with Crippen molar-refractivity contribution >= 4 is 21.8 Å². The number of carbonyl (C=O) groups excluding carboxylic acids is 2. The maximum atomic E-state index is 11.7. The Morgan fingerprint density at radius 3 is 2.29 bits per heavy atom. The summed E-state index contributed by atoms with van der Waals surface area (Å²) in [6, 6.07) is 0. The molecule has 0 unspecified atom stereocenters. The van der Waals surface area contributed by atoms with Crippen LogP contribution in [0.3, 0.4) is 0 Å². The zero-order valence-electron chi connectivity index (χ0n) is 10.4. The molecule has 0 radical (unpaired) electrons. The molecule has 0 aromatic heterocycles. The predicted molar refractivity (Wildman–Crippen MR) is 61.2 cm³/mol. The number of carbonyl (C=O) groups is 2. The molecule has 0 N–H and O–H groups in total. The van der Waals surface area contributed by atoms with Crippen molar-refractivity contribution in [1.29, 1.82) is 0 Å². The average molecular weight is 263 g/mol. The van der Waals surface area contributed by atoms with Gasteiger partial charge in [0.1, 0.15) is 10.9 Å². The molecule has 0 bridgehead atoms. The van der Waals surface area contributed by atoms with Crippen LogP contribution in [0.25, 0.3) is 0 Å². The standard InChI is InChI=1S/C10H17NO5S/c1-10(2,3)16-9(13)11-6-5-7(8(11)12)17(4,14)15/h7H,5-6H2,1-4H3/t7-/m0/s1. The van der Waals surface area contributed by atoms with Crippen LogP contribution in [0.5, 0.6) is 0 Å². The second kappa shape index (κ2) is 4.29. The fourth-order valence-electron chi connectivity index (χ4n) is 1.55. The van der Waals surface area contributed by atoms with Crippen molar-refractivity contribution in [2.75, 3.05) is 12.8 Å². The number of imide groups is 1. The third-order valence-electron chi connectivity index (χ3n) is 2.29. The molecule has 1 saturated heterocycles. The van der Waals surface area contributed by atoms with E-state index in [-0.39, 0.29) is 13.0 Å². The topological polar surface area (TPSA) is 80.8 Å². The SMILES string of the molecule is CC(C)(C)OC(=O)N1CC[C@H](S(C)(=O)=O)C1=O. The van der Waals surface area contributed by atoms with Gasteiger partial charge in [0.2, 0.25) is 5.91 Å². The van der Waals surface area contributed by atoms with Crippen LogP contribution in [0.2, 0.25) is 0 Å². The number of hydrogen-bond donors (Lipinski definition) is 0. The van der Waals surface area contributed by atoms with Crippen LogP contribution in [0, 0.1) is 0 Å². The maximum absolute atomic E-state index is 11.7. The van der Waals surface area contributed by atoms with Crippen LogP contribution in [0.1, 0.15) is 27.2 Å². The molecule has 2 amide bonds. The molecule has 1 atom stereocenters. The highest BCUT2D eigenvalue weighted by atomic mass is 32.2. The van der Waals surface area contributed by atoms with Gasteiger partial charge in [0, 0.05) is 12.8 Å². The summed E-state index contributed by atoms with van der Waals surface area (Å²) in [6.07, 6.45) is 0.346. The zero-order chi connectivity index (χ0) is 13.4. The molecule has 1 rings (SSSR count). The molecule has 6 nitrogen and oxygen atoms in total. The summed E-state index contributed by atoms with van der Waals surface area (Å²) in [7, 11) is -3.46. The molecule has 7 heteroatoms. The lowest BCUT2D eigenvalue weighted by atomic mass is 10.2. The minimum atomic E-state index is -3.46. The first-order valence-corrected chi connectivity index (χ1v) is 7.21. The van der Waals surface area contributed by atoms with Crippen molar-refractivity contribution in [3.05, 3.63) is 0 Å². The van der Waals surface area contributed by atoms with Crippen LogP contribution < -0.4 is 0 Å². The van der Waals surface area contributed by atoms with E-state index in [0.717, 1.165) is 11.2 Å². The fourth-order valence-corrected chi connectivity index (χ4v) is 2.58. The Bertz CT molecular complexity index is 434. The van der Waals surface area contributed by atoms with Gasteiger partial charge in [-0.1, -0.05) is 0 Å². The number of rotatable bonds is 1. The number of sulfone groups is 1. The first-order valence-electron chi connectivity index (χ1n) is 5.25. The summed E-state index contributed by atoms with van der Waals surface area (Å²) in [5.41, 5.74) is -0.708. The number of likely N-dealkylation sites (tertiary alicyclic amines) is 1. The molecule has 98 valence electrons. The van der Waals surface area contributed by atoms with E-state index in [2.05, 4.69) is 0 Å². The Hall–Kier alpha value is -1.11. The minimum Gasteiger partial charge on any atom is -0.443 e. The molecule has 1 aliphatic rings. The Kier molecular flexibility index (Phi) is 3.52. The van der Waals surface area contributed by atoms with Gasteiger partial charge in [-0.2, -0.15) is 0 Å². The third kappa shape index (κ3) is 3.42. The molecule has 0 aromatic rings. The first kappa shape index (κ1) is 14.0. The van der Waals surface area contributed by atoms with E-state index < -0.39 is 32.7 Å². The highest BCUT2D eigenvalue weighted by molar-refractivity contribution is 7.92.